The zero-order chi connectivity index (χ0) is 14.7. The zero-order valence-corrected chi connectivity index (χ0v) is 13.5. The van der Waals surface area contributed by atoms with Crippen molar-refractivity contribution >= 4 is 5.69 Å². The summed E-state index contributed by atoms with van der Waals surface area (Å²) in [5, 5.41) is 3.59. The third-order valence-corrected chi connectivity index (χ3v) is 4.81. The Labute approximate surface area is 129 Å². The molecule has 116 valence electrons. The van der Waals surface area contributed by atoms with Crippen molar-refractivity contribution in [2.24, 2.45) is 0 Å². The number of benzene rings is 1. The van der Waals surface area contributed by atoms with E-state index in [9.17, 15) is 0 Å². The summed E-state index contributed by atoms with van der Waals surface area (Å²) in [6, 6.07) is 10.7. The zero-order valence-electron chi connectivity index (χ0n) is 13.5. The van der Waals surface area contributed by atoms with Crippen molar-refractivity contribution in [2.75, 3.05) is 31.6 Å². The molecule has 1 unspecified atom stereocenters. The van der Waals surface area contributed by atoms with Crippen LogP contribution in [-0.2, 0) is 6.54 Å². The van der Waals surface area contributed by atoms with Crippen molar-refractivity contribution in [1.82, 2.24) is 10.2 Å². The van der Waals surface area contributed by atoms with Gasteiger partial charge < -0.3 is 15.1 Å². The molecule has 3 nitrogen and oxygen atoms in total. The summed E-state index contributed by atoms with van der Waals surface area (Å²) in [7, 11) is 2.25. The fraction of sp³-hybridized carbons (Fsp3) is 0.667. The van der Waals surface area contributed by atoms with Crippen LogP contribution < -0.4 is 10.2 Å². The third kappa shape index (κ3) is 3.98. The second-order valence-corrected chi connectivity index (χ2v) is 6.69. The monoisotopic (exact) mass is 287 g/mol. The molecule has 1 N–H and O–H groups in total. The molecule has 21 heavy (non-hydrogen) atoms. The van der Waals surface area contributed by atoms with Gasteiger partial charge in [0.25, 0.3) is 0 Å². The molecule has 1 heterocycles. The molecular weight excluding hydrogens is 258 g/mol. The summed E-state index contributed by atoms with van der Waals surface area (Å²) in [6.07, 6.45) is 5.20. The molecule has 0 spiro atoms. The largest absolute Gasteiger partial charge is 0.367 e. The van der Waals surface area contributed by atoms with E-state index < -0.39 is 0 Å². The first-order chi connectivity index (χ1) is 10.3. The van der Waals surface area contributed by atoms with Crippen LogP contribution in [0.25, 0.3) is 0 Å². The van der Waals surface area contributed by atoms with Gasteiger partial charge in [-0.15, -0.1) is 0 Å². The van der Waals surface area contributed by atoms with Gasteiger partial charge in [-0.05, 0) is 57.0 Å². The van der Waals surface area contributed by atoms with Crippen LogP contribution in [0, 0.1) is 0 Å². The predicted octanol–water partition coefficient (Wildman–Crippen LogP) is 2.86. The molecule has 2 fully saturated rings. The normalized spacial score (nSPS) is 24.1. The molecule has 1 saturated carbocycles. The van der Waals surface area contributed by atoms with Gasteiger partial charge in [-0.25, -0.2) is 0 Å². The first-order valence-corrected chi connectivity index (χ1v) is 8.53. The molecule has 2 aliphatic rings. The van der Waals surface area contributed by atoms with Crippen LogP contribution in [0.3, 0.4) is 0 Å². The maximum Gasteiger partial charge on any atom is 0.0414 e. The Hall–Kier alpha value is -1.06. The van der Waals surface area contributed by atoms with Crippen LogP contribution in [-0.4, -0.2) is 43.7 Å². The summed E-state index contributed by atoms with van der Waals surface area (Å²) < 4.78 is 0. The topological polar surface area (TPSA) is 18.5 Å². The van der Waals surface area contributed by atoms with Crippen LogP contribution in [0.1, 0.15) is 38.2 Å². The van der Waals surface area contributed by atoms with Gasteiger partial charge in [0.15, 0.2) is 0 Å². The molecule has 1 aromatic rings. The quantitative estimate of drug-likeness (QED) is 0.898. The van der Waals surface area contributed by atoms with E-state index in [4.69, 9.17) is 0 Å². The molecule has 1 aromatic carbocycles. The molecule has 1 atom stereocenters. The Morgan fingerprint density at radius 2 is 1.90 bits per heavy atom. The number of hydrogen-bond donors (Lipinski definition) is 1. The molecule has 0 bridgehead atoms. The highest BCUT2D eigenvalue weighted by molar-refractivity contribution is 5.49. The minimum atomic E-state index is 0.646. The van der Waals surface area contributed by atoms with Crippen LogP contribution in [0.4, 0.5) is 5.69 Å². The second-order valence-electron chi connectivity index (χ2n) is 6.69. The lowest BCUT2D eigenvalue weighted by molar-refractivity contribution is 0.328. The molecule has 3 rings (SSSR count). The fourth-order valence-electron chi connectivity index (χ4n) is 3.29. The van der Waals surface area contributed by atoms with E-state index in [1.807, 2.05) is 0 Å². The van der Waals surface area contributed by atoms with Crippen molar-refractivity contribution in [3.63, 3.8) is 0 Å². The molecule has 1 saturated heterocycles. The average molecular weight is 287 g/mol. The molecule has 0 amide bonds. The number of nitrogens with zero attached hydrogens (tertiary/aromatic N) is 2. The second kappa shape index (κ2) is 6.80. The highest BCUT2D eigenvalue weighted by Gasteiger charge is 2.22. The van der Waals surface area contributed by atoms with E-state index >= 15 is 0 Å². The number of anilines is 1. The van der Waals surface area contributed by atoms with Gasteiger partial charge in [-0.3, -0.25) is 0 Å². The van der Waals surface area contributed by atoms with Gasteiger partial charge in [-0.2, -0.15) is 0 Å². The molecule has 1 aliphatic carbocycles. The lowest BCUT2D eigenvalue weighted by atomic mass is 10.1. The molecular formula is C18H29N3. The summed E-state index contributed by atoms with van der Waals surface area (Å²) in [5.41, 5.74) is 2.80. The maximum absolute atomic E-state index is 3.59. The van der Waals surface area contributed by atoms with Crippen LogP contribution in [0.15, 0.2) is 24.3 Å². The number of hydrogen-bond acceptors (Lipinski definition) is 3. The average Bonchev–Trinajstić information content (AvgIpc) is 3.33. The maximum atomic E-state index is 3.59. The number of rotatable bonds is 5. The van der Waals surface area contributed by atoms with E-state index in [1.165, 1.54) is 56.6 Å². The van der Waals surface area contributed by atoms with Crippen molar-refractivity contribution in [3.8, 4) is 0 Å². The first kappa shape index (κ1) is 14.9. The standard InChI is InChI=1S/C18H29N3/c1-3-17-14-20(2)11-4-12-21(17)18-9-5-15(6-10-18)13-19-16-7-8-16/h5-6,9-10,16-17,19H,3-4,7-8,11-14H2,1-2H3. The Kier molecular flexibility index (Phi) is 4.81. The summed E-state index contributed by atoms with van der Waals surface area (Å²) in [4.78, 5) is 5.09. The van der Waals surface area contributed by atoms with E-state index in [1.54, 1.807) is 0 Å². The minimum Gasteiger partial charge on any atom is -0.367 e. The smallest absolute Gasteiger partial charge is 0.0414 e. The lowest BCUT2D eigenvalue weighted by Gasteiger charge is -2.32. The molecule has 0 radical (unpaired) electrons. The van der Waals surface area contributed by atoms with Crippen molar-refractivity contribution in [1.29, 1.82) is 0 Å². The van der Waals surface area contributed by atoms with Gasteiger partial charge in [0.2, 0.25) is 0 Å². The Morgan fingerprint density at radius 1 is 1.14 bits per heavy atom. The summed E-state index contributed by atoms with van der Waals surface area (Å²) in [5.74, 6) is 0. The van der Waals surface area contributed by atoms with E-state index in [2.05, 4.69) is 53.4 Å². The highest BCUT2D eigenvalue weighted by atomic mass is 15.2. The Bertz CT molecular complexity index is 438. The Balaban J connectivity index is 1.65. The molecule has 1 aliphatic heterocycles. The van der Waals surface area contributed by atoms with Gasteiger partial charge in [0, 0.05) is 37.4 Å². The van der Waals surface area contributed by atoms with Gasteiger partial charge in [0.1, 0.15) is 0 Å². The minimum absolute atomic E-state index is 0.646. The first-order valence-electron chi connectivity index (χ1n) is 8.53. The van der Waals surface area contributed by atoms with E-state index in [0.29, 0.717) is 6.04 Å². The van der Waals surface area contributed by atoms with Crippen molar-refractivity contribution in [3.05, 3.63) is 29.8 Å². The Morgan fingerprint density at radius 3 is 2.57 bits per heavy atom. The third-order valence-electron chi connectivity index (χ3n) is 4.81. The van der Waals surface area contributed by atoms with Crippen LogP contribution in [0.5, 0.6) is 0 Å². The number of nitrogens with one attached hydrogen (secondary N) is 1. The van der Waals surface area contributed by atoms with Crippen LogP contribution in [0.2, 0.25) is 0 Å². The van der Waals surface area contributed by atoms with Gasteiger partial charge in [-0.1, -0.05) is 19.1 Å². The molecule has 0 aromatic heterocycles. The summed E-state index contributed by atoms with van der Waals surface area (Å²) >= 11 is 0. The van der Waals surface area contributed by atoms with Crippen LogP contribution >= 0.6 is 0 Å². The van der Waals surface area contributed by atoms with Gasteiger partial charge in [0.05, 0.1) is 0 Å². The highest BCUT2D eigenvalue weighted by Crippen LogP contribution is 2.23. The van der Waals surface area contributed by atoms with Crippen molar-refractivity contribution in [2.45, 2.75) is 51.2 Å². The van der Waals surface area contributed by atoms with E-state index in [0.717, 1.165) is 12.6 Å². The SMILES string of the molecule is CCC1CN(C)CCCN1c1ccc(CNC2CC2)cc1. The molecule has 3 heteroatoms. The van der Waals surface area contributed by atoms with Gasteiger partial charge >= 0.3 is 0 Å². The predicted molar refractivity (Wildman–Crippen MR) is 89.8 cm³/mol. The summed E-state index contributed by atoms with van der Waals surface area (Å²) in [6.45, 7) is 6.91. The van der Waals surface area contributed by atoms with Crippen molar-refractivity contribution < 1.29 is 0 Å². The fourth-order valence-corrected chi connectivity index (χ4v) is 3.29. The number of likely N-dealkylation sites (N-methyl/N-ethyl adjacent to an activating group) is 1. The lowest BCUT2D eigenvalue weighted by Crippen LogP contribution is -2.39. The van der Waals surface area contributed by atoms with E-state index in [-0.39, 0.29) is 0 Å².